The maximum absolute atomic E-state index is 11.9. The molecule has 2 aliphatic rings. The third-order valence-electron chi connectivity index (χ3n) is 4.86. The summed E-state index contributed by atoms with van der Waals surface area (Å²) in [7, 11) is 0. The van der Waals surface area contributed by atoms with Gasteiger partial charge >= 0.3 is 11.9 Å². The zero-order chi connectivity index (χ0) is 15.8. The lowest BCUT2D eigenvalue weighted by atomic mass is 9.62. The largest absolute Gasteiger partial charge is 0.481 e. The van der Waals surface area contributed by atoms with E-state index in [0.29, 0.717) is 17.9 Å². The van der Waals surface area contributed by atoms with E-state index in [4.69, 9.17) is 0 Å². The summed E-state index contributed by atoms with van der Waals surface area (Å²) in [4.78, 5) is 35.0. The summed E-state index contributed by atoms with van der Waals surface area (Å²) in [5.41, 5.74) is -0.513. The van der Waals surface area contributed by atoms with Crippen molar-refractivity contribution in [1.82, 2.24) is 0 Å². The highest BCUT2D eigenvalue weighted by Crippen LogP contribution is 2.49. The first-order valence-corrected chi connectivity index (χ1v) is 7.17. The summed E-state index contributed by atoms with van der Waals surface area (Å²) in [6.45, 7) is 2.99. The fraction of sp³-hybridized carbons (Fsp3) is 0.562. The van der Waals surface area contributed by atoms with Gasteiger partial charge in [-0.05, 0) is 44.3 Å². The molecule has 2 N–H and O–H groups in total. The molecule has 1 saturated carbocycles. The van der Waals surface area contributed by atoms with E-state index in [1.807, 2.05) is 0 Å². The normalized spacial score (nSPS) is 26.1. The monoisotopic (exact) mass is 292 g/mol. The van der Waals surface area contributed by atoms with Crippen LogP contribution in [0.25, 0.3) is 0 Å². The molecule has 0 radical (unpaired) electrons. The Labute approximate surface area is 123 Å². The highest BCUT2D eigenvalue weighted by Gasteiger charge is 2.47. The van der Waals surface area contributed by atoms with Crippen LogP contribution in [0.3, 0.4) is 0 Å². The molecule has 1 atom stereocenters. The van der Waals surface area contributed by atoms with Crippen molar-refractivity contribution in [3.05, 3.63) is 22.8 Å². The van der Waals surface area contributed by atoms with Crippen molar-refractivity contribution in [2.24, 2.45) is 11.3 Å². The second-order valence-corrected chi connectivity index (χ2v) is 6.13. The van der Waals surface area contributed by atoms with Gasteiger partial charge in [-0.1, -0.05) is 19.3 Å². The van der Waals surface area contributed by atoms with Crippen LogP contribution in [0.5, 0.6) is 0 Å². The average Bonchev–Trinajstić information content (AvgIpc) is 2.34. The maximum atomic E-state index is 11.9. The number of aliphatic carboxylic acids is 2. The molecule has 0 heterocycles. The molecule has 0 aromatic carbocycles. The molecule has 0 saturated heterocycles. The number of carboxylic acids is 2. The number of carbonyl (C=O) groups excluding carboxylic acids is 1. The van der Waals surface area contributed by atoms with Gasteiger partial charge in [-0.25, -0.2) is 4.79 Å². The molecule has 1 fully saturated rings. The molecule has 21 heavy (non-hydrogen) atoms. The van der Waals surface area contributed by atoms with Gasteiger partial charge in [0.15, 0.2) is 5.78 Å². The predicted molar refractivity (Wildman–Crippen MR) is 75.7 cm³/mol. The average molecular weight is 292 g/mol. The molecule has 0 bridgehead atoms. The van der Waals surface area contributed by atoms with E-state index in [1.54, 1.807) is 6.92 Å². The van der Waals surface area contributed by atoms with Crippen LogP contribution >= 0.6 is 0 Å². The van der Waals surface area contributed by atoms with Gasteiger partial charge in [0, 0.05) is 11.1 Å². The lowest BCUT2D eigenvalue weighted by Gasteiger charge is -2.40. The van der Waals surface area contributed by atoms with E-state index >= 15 is 0 Å². The van der Waals surface area contributed by atoms with Crippen LogP contribution in [0.2, 0.25) is 0 Å². The number of rotatable bonds is 5. The first-order valence-electron chi connectivity index (χ1n) is 7.17. The van der Waals surface area contributed by atoms with E-state index in [1.165, 1.54) is 13.0 Å². The Hall–Kier alpha value is -1.91. The Bertz CT molecular complexity index is 565. The van der Waals surface area contributed by atoms with Gasteiger partial charge in [-0.15, -0.1) is 0 Å². The summed E-state index contributed by atoms with van der Waals surface area (Å²) in [6.07, 6.45) is 4.74. The van der Waals surface area contributed by atoms with Crippen molar-refractivity contribution in [1.29, 1.82) is 0 Å². The van der Waals surface area contributed by atoms with Gasteiger partial charge in [-0.3, -0.25) is 9.59 Å². The predicted octanol–water partition coefficient (Wildman–Crippen LogP) is 2.57. The molecule has 2 rings (SSSR count). The number of Topliss-reactive ketones (excluding diaryl/α,β-unsaturated/α-hetero) is 1. The number of ketones is 1. The first kappa shape index (κ1) is 15.5. The van der Waals surface area contributed by atoms with Crippen LogP contribution in [-0.4, -0.2) is 27.9 Å². The van der Waals surface area contributed by atoms with E-state index in [2.05, 4.69) is 0 Å². The first-order chi connectivity index (χ1) is 9.78. The van der Waals surface area contributed by atoms with Gasteiger partial charge < -0.3 is 10.2 Å². The number of allylic oxidation sites excluding steroid dienone is 2. The summed E-state index contributed by atoms with van der Waals surface area (Å²) in [6, 6.07) is 0. The Morgan fingerprint density at radius 1 is 1.29 bits per heavy atom. The second-order valence-electron chi connectivity index (χ2n) is 6.13. The SMILES string of the molecule is CC(=O)C1=C(C)C(CC2CCC2)(C(=O)O)CC(C(=O)O)=C1. The van der Waals surface area contributed by atoms with Gasteiger partial charge in [0.2, 0.25) is 0 Å². The molecule has 0 aliphatic heterocycles. The maximum Gasteiger partial charge on any atom is 0.331 e. The van der Waals surface area contributed by atoms with E-state index < -0.39 is 17.4 Å². The van der Waals surface area contributed by atoms with Gasteiger partial charge in [0.1, 0.15) is 0 Å². The molecular weight excluding hydrogens is 272 g/mol. The Balaban J connectivity index is 2.52. The third-order valence-corrected chi connectivity index (χ3v) is 4.86. The Morgan fingerprint density at radius 3 is 2.29 bits per heavy atom. The summed E-state index contributed by atoms with van der Waals surface area (Å²) in [5.74, 6) is -2.17. The number of carboxylic acid groups (broad SMARTS) is 2. The minimum Gasteiger partial charge on any atom is -0.481 e. The van der Waals surface area contributed by atoms with Crippen LogP contribution in [0.1, 0.15) is 46.0 Å². The second kappa shape index (κ2) is 5.47. The fourth-order valence-corrected chi connectivity index (χ4v) is 3.29. The molecule has 0 aromatic heterocycles. The summed E-state index contributed by atoms with van der Waals surface area (Å²) < 4.78 is 0. The summed E-state index contributed by atoms with van der Waals surface area (Å²) in [5, 5.41) is 19.0. The van der Waals surface area contributed by atoms with Crippen LogP contribution in [0, 0.1) is 11.3 Å². The van der Waals surface area contributed by atoms with Crippen LogP contribution in [0.15, 0.2) is 22.8 Å². The minimum atomic E-state index is -1.26. The molecule has 114 valence electrons. The lowest BCUT2D eigenvalue weighted by Crippen LogP contribution is -2.40. The number of hydrogen-bond acceptors (Lipinski definition) is 3. The van der Waals surface area contributed by atoms with Crippen LogP contribution in [-0.2, 0) is 14.4 Å². The lowest BCUT2D eigenvalue weighted by molar-refractivity contribution is -0.148. The van der Waals surface area contributed by atoms with Crippen LogP contribution < -0.4 is 0 Å². The van der Waals surface area contributed by atoms with Gasteiger partial charge in [0.25, 0.3) is 0 Å². The standard InChI is InChI=1S/C16H20O5/c1-9-13(10(2)17)6-12(14(18)19)8-16(9,15(20)21)7-11-4-3-5-11/h6,11H,3-5,7-8H2,1-2H3,(H,18,19)(H,20,21). The molecule has 0 spiro atoms. The quantitative estimate of drug-likeness (QED) is 0.812. The molecule has 0 amide bonds. The van der Waals surface area contributed by atoms with E-state index in [-0.39, 0.29) is 23.4 Å². The number of carbonyl (C=O) groups is 3. The van der Waals surface area contributed by atoms with E-state index in [0.717, 1.165) is 19.3 Å². The van der Waals surface area contributed by atoms with Crippen molar-refractivity contribution in [3.8, 4) is 0 Å². The van der Waals surface area contributed by atoms with Gasteiger partial charge in [0.05, 0.1) is 5.41 Å². The molecular formula is C16H20O5. The zero-order valence-corrected chi connectivity index (χ0v) is 12.3. The minimum absolute atomic E-state index is 0.00697. The Kier molecular flexibility index (Phi) is 4.03. The van der Waals surface area contributed by atoms with Crippen molar-refractivity contribution >= 4 is 17.7 Å². The van der Waals surface area contributed by atoms with Crippen LogP contribution in [0.4, 0.5) is 0 Å². The van der Waals surface area contributed by atoms with Crippen molar-refractivity contribution in [2.45, 2.75) is 46.0 Å². The van der Waals surface area contributed by atoms with E-state index in [9.17, 15) is 24.6 Å². The molecule has 0 aromatic rings. The van der Waals surface area contributed by atoms with Crippen molar-refractivity contribution in [3.63, 3.8) is 0 Å². The molecule has 5 nitrogen and oxygen atoms in total. The highest BCUT2D eigenvalue weighted by molar-refractivity contribution is 6.02. The Morgan fingerprint density at radius 2 is 1.90 bits per heavy atom. The molecule has 5 heteroatoms. The van der Waals surface area contributed by atoms with Crippen molar-refractivity contribution < 1.29 is 24.6 Å². The number of hydrogen-bond donors (Lipinski definition) is 2. The fourth-order valence-electron chi connectivity index (χ4n) is 3.29. The molecule has 2 aliphatic carbocycles. The third kappa shape index (κ3) is 2.64. The summed E-state index contributed by atoms with van der Waals surface area (Å²) >= 11 is 0. The highest BCUT2D eigenvalue weighted by atomic mass is 16.4. The molecule has 1 unspecified atom stereocenters. The topological polar surface area (TPSA) is 91.7 Å². The smallest absolute Gasteiger partial charge is 0.331 e. The van der Waals surface area contributed by atoms with Gasteiger partial charge in [-0.2, -0.15) is 0 Å². The zero-order valence-electron chi connectivity index (χ0n) is 12.3. The van der Waals surface area contributed by atoms with Crippen molar-refractivity contribution in [2.75, 3.05) is 0 Å².